The molecule has 16 heavy (non-hydrogen) atoms. The van der Waals surface area contributed by atoms with Crippen molar-refractivity contribution in [2.45, 2.75) is 18.4 Å². The van der Waals surface area contributed by atoms with Crippen LogP contribution >= 0.6 is 0 Å². The highest BCUT2D eigenvalue weighted by molar-refractivity contribution is 6.08. The highest BCUT2D eigenvalue weighted by Crippen LogP contribution is 2.60. The van der Waals surface area contributed by atoms with E-state index in [9.17, 15) is 14.4 Å². The summed E-state index contributed by atoms with van der Waals surface area (Å²) in [4.78, 5) is 34.4. The summed E-state index contributed by atoms with van der Waals surface area (Å²) in [5.74, 6) is -0.726. The number of hydrogen-bond acceptors (Lipinski definition) is 4. The van der Waals surface area contributed by atoms with E-state index in [2.05, 4.69) is 10.6 Å². The number of nitrogens with one attached hydrogen (secondary N) is 2. The molecule has 86 valence electrons. The molecule has 0 aromatic carbocycles. The Morgan fingerprint density at radius 2 is 2.25 bits per heavy atom. The normalized spacial score (nSPS) is 43.9. The quantitative estimate of drug-likeness (QED) is 0.460. The van der Waals surface area contributed by atoms with Gasteiger partial charge in [-0.15, -0.1) is 0 Å². The molecule has 3 saturated carbocycles. The molecule has 0 radical (unpaired) electrons. The molecule has 1 aliphatic heterocycles. The lowest BCUT2D eigenvalue weighted by Crippen LogP contribution is -2.52. The molecule has 4 fully saturated rings. The van der Waals surface area contributed by atoms with E-state index in [0.717, 1.165) is 6.42 Å². The lowest BCUT2D eigenvalue weighted by Gasteiger charge is -2.36. The van der Waals surface area contributed by atoms with Gasteiger partial charge in [0.15, 0.2) is 0 Å². The second kappa shape index (κ2) is 2.75. The van der Waals surface area contributed by atoms with Crippen molar-refractivity contribution in [3.8, 4) is 0 Å². The Morgan fingerprint density at radius 3 is 2.81 bits per heavy atom. The van der Waals surface area contributed by atoms with Crippen LogP contribution in [0.1, 0.15) is 12.8 Å². The molecule has 0 aromatic heterocycles. The minimum atomic E-state index is -0.847. The van der Waals surface area contributed by atoms with E-state index in [4.69, 9.17) is 4.74 Å². The molecule has 3 amide bonds. The van der Waals surface area contributed by atoms with Crippen LogP contribution in [0.15, 0.2) is 0 Å². The van der Waals surface area contributed by atoms with Gasteiger partial charge in [0.2, 0.25) is 0 Å². The lowest BCUT2D eigenvalue weighted by atomic mass is 9.69. The predicted octanol–water partition coefficient (Wildman–Crippen LogP) is -0.606. The van der Waals surface area contributed by atoms with Crippen LogP contribution in [-0.4, -0.2) is 30.6 Å². The largest absolute Gasteiger partial charge is 0.469 e. The average molecular weight is 224 g/mol. The molecule has 6 nitrogen and oxygen atoms in total. The second-order valence-corrected chi connectivity index (χ2v) is 4.73. The average Bonchev–Trinajstić information content (AvgIpc) is 2.79. The van der Waals surface area contributed by atoms with E-state index >= 15 is 0 Å². The van der Waals surface area contributed by atoms with Crippen molar-refractivity contribution in [1.29, 1.82) is 0 Å². The van der Waals surface area contributed by atoms with Crippen molar-refractivity contribution in [2.24, 2.45) is 17.8 Å². The number of hydrogen-bond donors (Lipinski definition) is 2. The monoisotopic (exact) mass is 224 g/mol. The van der Waals surface area contributed by atoms with Crippen molar-refractivity contribution >= 4 is 17.9 Å². The third-order valence-electron chi connectivity index (χ3n) is 4.16. The van der Waals surface area contributed by atoms with Gasteiger partial charge in [-0.25, -0.2) is 4.79 Å². The SMILES string of the molecule is COC(=O)[C@H]1[C@H]2C[C@@H]1[C@@]1(C2)NC(=O)NC1=O. The summed E-state index contributed by atoms with van der Waals surface area (Å²) in [6.45, 7) is 0. The molecule has 0 unspecified atom stereocenters. The van der Waals surface area contributed by atoms with Crippen LogP contribution < -0.4 is 10.6 Å². The van der Waals surface area contributed by atoms with Gasteiger partial charge >= 0.3 is 12.0 Å². The molecule has 4 aliphatic rings. The number of carbonyl (C=O) groups is 3. The summed E-state index contributed by atoms with van der Waals surface area (Å²) in [6.07, 6.45) is 1.36. The van der Waals surface area contributed by atoms with Gasteiger partial charge in [0.05, 0.1) is 13.0 Å². The van der Waals surface area contributed by atoms with Gasteiger partial charge in [0.25, 0.3) is 5.91 Å². The third kappa shape index (κ3) is 0.898. The zero-order valence-corrected chi connectivity index (χ0v) is 8.78. The Bertz CT molecular complexity index is 408. The Kier molecular flexibility index (Phi) is 1.65. The Balaban J connectivity index is 1.90. The smallest absolute Gasteiger partial charge is 0.322 e. The van der Waals surface area contributed by atoms with Crippen LogP contribution in [-0.2, 0) is 14.3 Å². The predicted molar refractivity (Wildman–Crippen MR) is 51.1 cm³/mol. The third-order valence-corrected chi connectivity index (χ3v) is 4.16. The number of urea groups is 1. The minimum Gasteiger partial charge on any atom is -0.469 e. The Morgan fingerprint density at radius 1 is 1.50 bits per heavy atom. The van der Waals surface area contributed by atoms with Crippen molar-refractivity contribution < 1.29 is 19.1 Å². The second-order valence-electron chi connectivity index (χ2n) is 4.73. The molecule has 1 spiro atoms. The van der Waals surface area contributed by atoms with E-state index in [-0.39, 0.29) is 29.6 Å². The number of amides is 3. The molecule has 2 bridgehead atoms. The van der Waals surface area contributed by atoms with Gasteiger partial charge in [0.1, 0.15) is 5.54 Å². The molecule has 6 heteroatoms. The summed E-state index contributed by atoms with van der Waals surface area (Å²) in [7, 11) is 1.35. The van der Waals surface area contributed by atoms with Gasteiger partial charge in [-0.3, -0.25) is 14.9 Å². The van der Waals surface area contributed by atoms with Crippen LogP contribution in [0.4, 0.5) is 4.79 Å². The van der Waals surface area contributed by atoms with Gasteiger partial charge in [-0.05, 0) is 18.8 Å². The number of imide groups is 1. The maximum atomic E-state index is 11.8. The molecule has 1 saturated heterocycles. The maximum absolute atomic E-state index is 11.8. The molecule has 4 rings (SSSR count). The van der Waals surface area contributed by atoms with E-state index in [0.29, 0.717) is 6.42 Å². The van der Waals surface area contributed by atoms with Crippen LogP contribution in [0.3, 0.4) is 0 Å². The molecular formula is C10H12N2O4. The van der Waals surface area contributed by atoms with Crippen LogP contribution in [0.5, 0.6) is 0 Å². The fourth-order valence-electron chi connectivity index (χ4n) is 3.44. The van der Waals surface area contributed by atoms with E-state index in [1.165, 1.54) is 7.11 Å². The molecule has 1 heterocycles. The van der Waals surface area contributed by atoms with Crippen molar-refractivity contribution in [1.82, 2.24) is 10.6 Å². The zero-order chi connectivity index (χ0) is 11.5. The zero-order valence-electron chi connectivity index (χ0n) is 8.78. The Hall–Kier alpha value is -1.59. The van der Waals surface area contributed by atoms with Crippen LogP contribution in [0, 0.1) is 17.8 Å². The first-order chi connectivity index (χ1) is 7.58. The molecule has 0 aromatic rings. The van der Waals surface area contributed by atoms with Crippen LogP contribution in [0.2, 0.25) is 0 Å². The first-order valence-corrected chi connectivity index (χ1v) is 5.30. The summed E-state index contributed by atoms with van der Waals surface area (Å²) in [5.41, 5.74) is -0.847. The summed E-state index contributed by atoms with van der Waals surface area (Å²) in [5, 5.41) is 4.92. The van der Waals surface area contributed by atoms with Crippen molar-refractivity contribution in [3.05, 3.63) is 0 Å². The fourth-order valence-corrected chi connectivity index (χ4v) is 3.44. The number of rotatable bonds is 1. The maximum Gasteiger partial charge on any atom is 0.322 e. The van der Waals surface area contributed by atoms with Crippen molar-refractivity contribution in [3.63, 3.8) is 0 Å². The van der Waals surface area contributed by atoms with E-state index in [1.54, 1.807) is 0 Å². The Labute approximate surface area is 91.7 Å². The van der Waals surface area contributed by atoms with Gasteiger partial charge in [-0.2, -0.15) is 0 Å². The van der Waals surface area contributed by atoms with Gasteiger partial charge < -0.3 is 10.1 Å². The highest BCUT2D eigenvalue weighted by atomic mass is 16.5. The summed E-state index contributed by atoms with van der Waals surface area (Å²) >= 11 is 0. The van der Waals surface area contributed by atoms with Gasteiger partial charge in [-0.1, -0.05) is 0 Å². The van der Waals surface area contributed by atoms with E-state index < -0.39 is 11.6 Å². The van der Waals surface area contributed by atoms with Crippen LogP contribution in [0.25, 0.3) is 0 Å². The summed E-state index contributed by atoms with van der Waals surface area (Å²) in [6, 6.07) is -0.457. The molecule has 2 N–H and O–H groups in total. The number of ether oxygens (including phenoxy) is 1. The first kappa shape index (κ1) is 9.62. The molecular weight excluding hydrogens is 212 g/mol. The number of carbonyl (C=O) groups excluding carboxylic acids is 3. The minimum absolute atomic E-state index is 0.101. The van der Waals surface area contributed by atoms with Crippen molar-refractivity contribution in [2.75, 3.05) is 7.11 Å². The molecule has 3 aliphatic carbocycles. The molecule has 4 atom stereocenters. The fraction of sp³-hybridized carbons (Fsp3) is 0.700. The number of esters is 1. The summed E-state index contributed by atoms with van der Waals surface area (Å²) < 4.78 is 4.72. The van der Waals surface area contributed by atoms with Gasteiger partial charge in [0, 0.05) is 5.92 Å². The first-order valence-electron chi connectivity index (χ1n) is 5.30. The highest BCUT2D eigenvalue weighted by Gasteiger charge is 2.70. The number of methoxy groups -OCH3 is 1. The lowest BCUT2D eigenvalue weighted by molar-refractivity contribution is -0.153. The topological polar surface area (TPSA) is 84.5 Å². The van der Waals surface area contributed by atoms with E-state index in [1.807, 2.05) is 0 Å². The standard InChI is InChI=1S/C10H12N2O4/c1-16-7(13)6-4-2-5(6)10(3-4)8(14)11-9(15)12-10/h4-6H,2-3H2,1H3,(H2,11,12,14,15)/t4-,5-,6-,10+/m0/s1.